The zero-order chi connectivity index (χ0) is 25.4. The van der Waals surface area contributed by atoms with Gasteiger partial charge in [-0.15, -0.1) is 0 Å². The Labute approximate surface area is 207 Å². The van der Waals surface area contributed by atoms with Crippen molar-refractivity contribution in [2.24, 2.45) is 5.92 Å². The fourth-order valence-electron chi connectivity index (χ4n) is 4.79. The molecule has 0 saturated carbocycles. The molecule has 2 aromatic rings. The number of amides is 2. The first-order valence-electron chi connectivity index (χ1n) is 12.0. The highest BCUT2D eigenvalue weighted by atomic mass is 32.2. The first kappa shape index (κ1) is 25.2. The molecule has 188 valence electrons. The maximum absolute atomic E-state index is 13.3. The van der Waals surface area contributed by atoms with E-state index in [4.69, 9.17) is 4.74 Å². The van der Waals surface area contributed by atoms with Crippen LogP contribution in [0.25, 0.3) is 0 Å². The Kier molecular flexibility index (Phi) is 6.92. The minimum absolute atomic E-state index is 0.168. The van der Waals surface area contributed by atoms with Crippen molar-refractivity contribution in [2.75, 3.05) is 36.5 Å². The van der Waals surface area contributed by atoms with Crippen molar-refractivity contribution in [3.63, 3.8) is 0 Å². The maximum Gasteiger partial charge on any atom is 0.244 e. The van der Waals surface area contributed by atoms with Gasteiger partial charge in [0.25, 0.3) is 0 Å². The molecular weight excluding hydrogens is 466 g/mol. The van der Waals surface area contributed by atoms with Crippen molar-refractivity contribution in [3.8, 4) is 5.75 Å². The summed E-state index contributed by atoms with van der Waals surface area (Å²) in [5, 5.41) is 2.81. The van der Waals surface area contributed by atoms with Crippen LogP contribution >= 0.6 is 0 Å². The molecule has 1 saturated heterocycles. The van der Waals surface area contributed by atoms with Crippen molar-refractivity contribution < 1.29 is 22.7 Å². The highest BCUT2D eigenvalue weighted by Crippen LogP contribution is 2.43. The fourth-order valence-corrected chi connectivity index (χ4v) is 6.41. The van der Waals surface area contributed by atoms with E-state index in [1.807, 2.05) is 6.92 Å². The van der Waals surface area contributed by atoms with Crippen molar-refractivity contribution >= 4 is 33.2 Å². The van der Waals surface area contributed by atoms with Gasteiger partial charge >= 0.3 is 0 Å². The quantitative estimate of drug-likeness (QED) is 0.626. The van der Waals surface area contributed by atoms with Crippen molar-refractivity contribution in [1.29, 1.82) is 0 Å². The molecule has 0 bridgehead atoms. The molecule has 0 spiro atoms. The number of hydrogen-bond donors (Lipinski definition) is 1. The summed E-state index contributed by atoms with van der Waals surface area (Å²) < 4.78 is 33.6. The molecule has 35 heavy (non-hydrogen) atoms. The monoisotopic (exact) mass is 499 g/mol. The van der Waals surface area contributed by atoms with Crippen molar-refractivity contribution in [1.82, 2.24) is 4.31 Å². The van der Waals surface area contributed by atoms with Gasteiger partial charge in [-0.25, -0.2) is 8.42 Å². The maximum atomic E-state index is 13.3. The second-order valence-corrected chi connectivity index (χ2v) is 11.7. The van der Waals surface area contributed by atoms with Gasteiger partial charge in [0.15, 0.2) is 0 Å². The van der Waals surface area contributed by atoms with Crippen LogP contribution in [-0.2, 0) is 25.0 Å². The van der Waals surface area contributed by atoms with Gasteiger partial charge < -0.3 is 15.0 Å². The largest absolute Gasteiger partial charge is 0.494 e. The third-order valence-electron chi connectivity index (χ3n) is 6.72. The van der Waals surface area contributed by atoms with Crippen LogP contribution in [0, 0.1) is 5.92 Å². The number of rotatable bonds is 7. The van der Waals surface area contributed by atoms with Crippen LogP contribution in [0.1, 0.15) is 46.1 Å². The highest BCUT2D eigenvalue weighted by Gasteiger charge is 2.45. The predicted molar refractivity (Wildman–Crippen MR) is 135 cm³/mol. The molecule has 1 atom stereocenters. The van der Waals surface area contributed by atoms with Gasteiger partial charge in [0, 0.05) is 24.5 Å². The smallest absolute Gasteiger partial charge is 0.244 e. The van der Waals surface area contributed by atoms with Crippen LogP contribution in [0.3, 0.4) is 0 Å². The lowest BCUT2D eigenvalue weighted by Gasteiger charge is -2.30. The van der Waals surface area contributed by atoms with E-state index in [9.17, 15) is 18.0 Å². The molecule has 2 aliphatic heterocycles. The lowest BCUT2D eigenvalue weighted by atomic mass is 9.86. The van der Waals surface area contributed by atoms with Crippen LogP contribution in [-0.4, -0.2) is 50.8 Å². The van der Waals surface area contributed by atoms with E-state index >= 15 is 0 Å². The second-order valence-electron chi connectivity index (χ2n) is 9.81. The number of hydrogen-bond acceptors (Lipinski definition) is 5. The third kappa shape index (κ3) is 4.92. The summed E-state index contributed by atoms with van der Waals surface area (Å²) in [5.74, 6) is 0.441. The van der Waals surface area contributed by atoms with Gasteiger partial charge in [-0.1, -0.05) is 6.92 Å². The molecule has 8 nitrogen and oxygen atoms in total. The third-order valence-corrected chi connectivity index (χ3v) is 8.58. The normalized spacial score (nSPS) is 19.9. The van der Waals surface area contributed by atoms with E-state index in [-0.39, 0.29) is 23.3 Å². The molecule has 4 rings (SSSR count). The minimum atomic E-state index is -3.66. The topological polar surface area (TPSA) is 96.0 Å². The molecule has 1 N–H and O–H groups in total. The molecule has 1 unspecified atom stereocenters. The second kappa shape index (κ2) is 9.62. The summed E-state index contributed by atoms with van der Waals surface area (Å²) in [6.45, 7) is 8.87. The Balaban J connectivity index is 1.55. The average molecular weight is 500 g/mol. The van der Waals surface area contributed by atoms with Crippen molar-refractivity contribution in [2.45, 2.75) is 50.8 Å². The molecule has 9 heteroatoms. The number of piperidine rings is 1. The molecule has 0 aliphatic carbocycles. The Bertz CT molecular complexity index is 1220. The Morgan fingerprint density at radius 1 is 1.17 bits per heavy atom. The standard InChI is InChI=1S/C26H33N3O5S/c1-5-34-20-10-8-19(9-11-20)27-24(30)17-29-23-13-12-21(15-22(23)26(3,4)25(29)31)35(32,33)28-14-6-7-18(2)16-28/h8-13,15,18H,5-7,14,16-17H2,1-4H3,(H,27,30). The summed E-state index contributed by atoms with van der Waals surface area (Å²) in [6, 6.07) is 11.8. The SMILES string of the molecule is CCOc1ccc(NC(=O)CN2C(=O)C(C)(C)c3cc(S(=O)(=O)N4CCCC(C)C4)ccc32)cc1. The van der Waals surface area contributed by atoms with Crippen LogP contribution in [0.15, 0.2) is 47.4 Å². The van der Waals surface area contributed by atoms with E-state index in [2.05, 4.69) is 12.2 Å². The first-order chi connectivity index (χ1) is 16.5. The van der Waals surface area contributed by atoms with E-state index in [1.165, 1.54) is 9.21 Å². The zero-order valence-corrected chi connectivity index (χ0v) is 21.5. The van der Waals surface area contributed by atoms with Gasteiger partial charge in [-0.05, 0) is 87.6 Å². The Morgan fingerprint density at radius 2 is 1.89 bits per heavy atom. The fraction of sp³-hybridized carbons (Fsp3) is 0.462. The molecule has 2 amide bonds. The van der Waals surface area contributed by atoms with Crippen LogP contribution < -0.4 is 15.0 Å². The van der Waals surface area contributed by atoms with Gasteiger partial charge in [0.05, 0.1) is 16.9 Å². The lowest BCUT2D eigenvalue weighted by molar-refractivity contribution is -0.124. The molecule has 2 heterocycles. The number of fused-ring (bicyclic) bond motifs is 1. The predicted octanol–water partition coefficient (Wildman–Crippen LogP) is 3.77. The summed E-state index contributed by atoms with van der Waals surface area (Å²) in [4.78, 5) is 27.6. The Morgan fingerprint density at radius 3 is 2.54 bits per heavy atom. The number of anilines is 2. The van der Waals surface area contributed by atoms with E-state index in [0.29, 0.717) is 48.3 Å². The zero-order valence-electron chi connectivity index (χ0n) is 20.7. The van der Waals surface area contributed by atoms with Gasteiger partial charge in [0.1, 0.15) is 12.3 Å². The molecule has 0 aromatic heterocycles. The van der Waals surface area contributed by atoms with Gasteiger partial charge in [-0.3, -0.25) is 9.59 Å². The highest BCUT2D eigenvalue weighted by molar-refractivity contribution is 7.89. The summed E-state index contributed by atoms with van der Waals surface area (Å²) in [6.07, 6.45) is 1.86. The van der Waals surface area contributed by atoms with Crippen LogP contribution in [0.4, 0.5) is 11.4 Å². The molecule has 2 aromatic carbocycles. The van der Waals surface area contributed by atoms with Gasteiger partial charge in [0.2, 0.25) is 21.8 Å². The summed E-state index contributed by atoms with van der Waals surface area (Å²) in [7, 11) is -3.66. The number of nitrogens with one attached hydrogen (secondary N) is 1. The molecule has 2 aliphatic rings. The van der Waals surface area contributed by atoms with Crippen molar-refractivity contribution in [3.05, 3.63) is 48.0 Å². The lowest BCUT2D eigenvalue weighted by Crippen LogP contribution is -2.40. The number of sulfonamides is 1. The molecule has 0 radical (unpaired) electrons. The first-order valence-corrected chi connectivity index (χ1v) is 13.5. The average Bonchev–Trinajstić information content (AvgIpc) is 3.00. The van der Waals surface area contributed by atoms with Gasteiger partial charge in [-0.2, -0.15) is 4.31 Å². The van der Waals surface area contributed by atoms with Crippen LogP contribution in [0.2, 0.25) is 0 Å². The minimum Gasteiger partial charge on any atom is -0.494 e. The van der Waals surface area contributed by atoms with Crippen LogP contribution in [0.5, 0.6) is 5.75 Å². The number of nitrogens with zero attached hydrogens (tertiary/aromatic N) is 2. The molecule has 1 fully saturated rings. The summed E-state index contributed by atoms with van der Waals surface area (Å²) >= 11 is 0. The molecular formula is C26H33N3O5S. The number of ether oxygens (including phenoxy) is 1. The number of benzene rings is 2. The number of carbonyl (C=O) groups excluding carboxylic acids is 2. The van der Waals surface area contributed by atoms with E-state index in [0.717, 1.165) is 12.8 Å². The number of carbonyl (C=O) groups is 2. The van der Waals surface area contributed by atoms with E-state index < -0.39 is 15.4 Å². The summed E-state index contributed by atoms with van der Waals surface area (Å²) in [5.41, 5.74) is 0.826. The van der Waals surface area contributed by atoms with E-state index in [1.54, 1.807) is 56.3 Å². The Hall–Kier alpha value is -2.91.